The van der Waals surface area contributed by atoms with Gasteiger partial charge in [0.1, 0.15) is 5.75 Å². The van der Waals surface area contributed by atoms with Crippen molar-refractivity contribution >= 4 is 17.5 Å². The van der Waals surface area contributed by atoms with E-state index in [0.29, 0.717) is 10.8 Å². The van der Waals surface area contributed by atoms with Crippen molar-refractivity contribution in [2.75, 3.05) is 32.8 Å². The van der Waals surface area contributed by atoms with Crippen LogP contribution in [0.25, 0.3) is 0 Å². The Hall–Kier alpha value is -1.26. The van der Waals surface area contributed by atoms with Crippen LogP contribution in [0.5, 0.6) is 5.75 Å². The van der Waals surface area contributed by atoms with E-state index in [1.165, 1.54) is 0 Å². The summed E-state index contributed by atoms with van der Waals surface area (Å²) in [6.45, 7) is 5.35. The van der Waals surface area contributed by atoms with Crippen molar-refractivity contribution in [3.8, 4) is 5.75 Å². The number of rotatable bonds is 3. The van der Waals surface area contributed by atoms with Gasteiger partial charge in [-0.25, -0.2) is 0 Å². The van der Waals surface area contributed by atoms with Crippen molar-refractivity contribution in [3.05, 3.63) is 28.8 Å². The largest absolute Gasteiger partial charge is 0.482 e. The molecule has 1 aromatic carbocycles. The van der Waals surface area contributed by atoms with E-state index >= 15 is 0 Å². The molecule has 0 aromatic heterocycles. The van der Waals surface area contributed by atoms with E-state index < -0.39 is 0 Å². The number of ether oxygens (including phenoxy) is 1. The molecule has 0 radical (unpaired) electrons. The molecule has 1 fully saturated rings. The van der Waals surface area contributed by atoms with E-state index in [-0.39, 0.29) is 12.5 Å². The number of aryl methyl sites for hydroxylation is 1. The molecule has 5 heteroatoms. The fourth-order valence-corrected chi connectivity index (χ4v) is 2.34. The van der Waals surface area contributed by atoms with Crippen LogP contribution < -0.4 is 10.1 Å². The number of hydrogen-bond acceptors (Lipinski definition) is 3. The van der Waals surface area contributed by atoms with Crippen molar-refractivity contribution in [2.24, 2.45) is 0 Å². The van der Waals surface area contributed by atoms with Gasteiger partial charge in [0.15, 0.2) is 6.61 Å². The predicted molar refractivity (Wildman–Crippen MR) is 75.8 cm³/mol. The third kappa shape index (κ3) is 4.11. The lowest BCUT2D eigenvalue weighted by Crippen LogP contribution is -2.37. The van der Waals surface area contributed by atoms with Crippen LogP contribution in [-0.4, -0.2) is 43.6 Å². The Morgan fingerprint density at radius 2 is 2.26 bits per heavy atom. The number of benzene rings is 1. The molecule has 0 spiro atoms. The first-order valence-electron chi connectivity index (χ1n) is 6.54. The lowest BCUT2D eigenvalue weighted by atomic mass is 10.2. The summed E-state index contributed by atoms with van der Waals surface area (Å²) in [5.74, 6) is 0.578. The molecule has 1 N–H and O–H groups in total. The highest BCUT2D eigenvalue weighted by molar-refractivity contribution is 6.32. The minimum absolute atomic E-state index is 0.0142. The molecule has 0 unspecified atom stereocenters. The Labute approximate surface area is 118 Å². The van der Waals surface area contributed by atoms with Crippen LogP contribution in [-0.2, 0) is 4.79 Å². The highest BCUT2D eigenvalue weighted by Gasteiger charge is 2.16. The lowest BCUT2D eigenvalue weighted by Gasteiger charge is -2.20. The summed E-state index contributed by atoms with van der Waals surface area (Å²) in [4.78, 5) is 13.9. The number of nitrogens with one attached hydrogen (secondary N) is 1. The molecule has 1 aromatic rings. The Kier molecular flexibility index (Phi) is 5.05. The summed E-state index contributed by atoms with van der Waals surface area (Å²) in [6, 6.07) is 5.55. The third-order valence-corrected chi connectivity index (χ3v) is 3.43. The zero-order chi connectivity index (χ0) is 13.7. The number of amides is 1. The van der Waals surface area contributed by atoms with Crippen molar-refractivity contribution in [2.45, 2.75) is 13.3 Å². The predicted octanol–water partition coefficient (Wildman–Crippen LogP) is 1.85. The van der Waals surface area contributed by atoms with Gasteiger partial charge in [0.05, 0.1) is 5.02 Å². The summed E-state index contributed by atoms with van der Waals surface area (Å²) >= 11 is 6.06. The lowest BCUT2D eigenvalue weighted by molar-refractivity contribution is -0.133. The molecule has 1 aliphatic rings. The Bertz CT molecular complexity index is 443. The fraction of sp³-hybridized carbons (Fsp3) is 0.500. The SMILES string of the molecule is Cc1ccc(OCC(=O)N2CCCNCC2)c(Cl)c1. The second-order valence-corrected chi connectivity index (χ2v) is 5.11. The Balaban J connectivity index is 1.88. The van der Waals surface area contributed by atoms with Crippen molar-refractivity contribution < 1.29 is 9.53 Å². The third-order valence-electron chi connectivity index (χ3n) is 3.13. The van der Waals surface area contributed by atoms with Gasteiger partial charge >= 0.3 is 0 Å². The molecular weight excluding hydrogens is 264 g/mol. The van der Waals surface area contributed by atoms with E-state index in [1.54, 1.807) is 6.07 Å². The molecule has 4 nitrogen and oxygen atoms in total. The summed E-state index contributed by atoms with van der Waals surface area (Å²) in [5.41, 5.74) is 1.07. The minimum Gasteiger partial charge on any atom is -0.482 e. The average molecular weight is 283 g/mol. The molecule has 19 heavy (non-hydrogen) atoms. The summed E-state index contributed by atoms with van der Waals surface area (Å²) in [7, 11) is 0. The minimum atomic E-state index is 0.0142. The number of carbonyl (C=O) groups excluding carboxylic acids is 1. The zero-order valence-corrected chi connectivity index (χ0v) is 11.9. The second-order valence-electron chi connectivity index (χ2n) is 4.71. The van der Waals surface area contributed by atoms with E-state index in [1.807, 2.05) is 24.0 Å². The van der Waals surface area contributed by atoms with Gasteiger partial charge < -0.3 is 15.0 Å². The van der Waals surface area contributed by atoms with Crippen LogP contribution in [0.15, 0.2) is 18.2 Å². The second kappa shape index (κ2) is 6.78. The van der Waals surface area contributed by atoms with Gasteiger partial charge in [0.2, 0.25) is 0 Å². The first kappa shape index (κ1) is 14.2. The summed E-state index contributed by atoms with van der Waals surface area (Å²) in [5, 5.41) is 3.81. The van der Waals surface area contributed by atoms with Crippen LogP contribution in [0.4, 0.5) is 0 Å². The quantitative estimate of drug-likeness (QED) is 0.920. The number of halogens is 1. The molecule has 0 aliphatic carbocycles. The van der Waals surface area contributed by atoms with Crippen LogP contribution in [0.1, 0.15) is 12.0 Å². The van der Waals surface area contributed by atoms with Crippen LogP contribution in [0.3, 0.4) is 0 Å². The van der Waals surface area contributed by atoms with Crippen molar-refractivity contribution in [1.29, 1.82) is 0 Å². The van der Waals surface area contributed by atoms with Gasteiger partial charge in [0, 0.05) is 19.6 Å². The maximum Gasteiger partial charge on any atom is 0.260 e. The molecular formula is C14H19ClN2O2. The first-order chi connectivity index (χ1) is 9.16. The van der Waals surface area contributed by atoms with Gasteiger partial charge in [-0.3, -0.25) is 4.79 Å². The summed E-state index contributed by atoms with van der Waals surface area (Å²) in [6.07, 6.45) is 0.983. The molecule has 1 amide bonds. The first-order valence-corrected chi connectivity index (χ1v) is 6.92. The maximum atomic E-state index is 12.0. The maximum absolute atomic E-state index is 12.0. The molecule has 1 aliphatic heterocycles. The molecule has 0 bridgehead atoms. The fourth-order valence-electron chi connectivity index (χ4n) is 2.05. The summed E-state index contributed by atoms with van der Waals surface area (Å²) < 4.78 is 5.50. The molecule has 0 atom stereocenters. The van der Waals surface area contributed by atoms with Crippen molar-refractivity contribution in [1.82, 2.24) is 10.2 Å². The number of nitrogens with zero attached hydrogens (tertiary/aromatic N) is 1. The van der Waals surface area contributed by atoms with Crippen LogP contribution >= 0.6 is 11.6 Å². The Morgan fingerprint density at radius 1 is 1.42 bits per heavy atom. The highest BCUT2D eigenvalue weighted by atomic mass is 35.5. The molecule has 0 saturated carbocycles. The Morgan fingerprint density at radius 3 is 3.05 bits per heavy atom. The van der Waals surface area contributed by atoms with Gasteiger partial charge in [-0.1, -0.05) is 17.7 Å². The van der Waals surface area contributed by atoms with E-state index in [4.69, 9.17) is 16.3 Å². The van der Waals surface area contributed by atoms with Gasteiger partial charge in [0.25, 0.3) is 5.91 Å². The average Bonchev–Trinajstić information content (AvgIpc) is 2.66. The number of hydrogen-bond donors (Lipinski definition) is 1. The van der Waals surface area contributed by atoms with Gasteiger partial charge in [-0.15, -0.1) is 0 Å². The van der Waals surface area contributed by atoms with E-state index in [2.05, 4.69) is 5.32 Å². The molecule has 104 valence electrons. The van der Waals surface area contributed by atoms with E-state index in [9.17, 15) is 4.79 Å². The number of carbonyl (C=O) groups is 1. The van der Waals surface area contributed by atoms with Crippen molar-refractivity contribution in [3.63, 3.8) is 0 Å². The monoisotopic (exact) mass is 282 g/mol. The van der Waals surface area contributed by atoms with E-state index in [0.717, 1.165) is 38.2 Å². The van der Waals surface area contributed by atoms with Crippen LogP contribution in [0.2, 0.25) is 5.02 Å². The highest BCUT2D eigenvalue weighted by Crippen LogP contribution is 2.25. The smallest absolute Gasteiger partial charge is 0.260 e. The topological polar surface area (TPSA) is 41.6 Å². The normalized spacial score (nSPS) is 16.0. The molecule has 2 rings (SSSR count). The van der Waals surface area contributed by atoms with Gasteiger partial charge in [-0.2, -0.15) is 0 Å². The van der Waals surface area contributed by atoms with Gasteiger partial charge in [-0.05, 0) is 37.6 Å². The zero-order valence-electron chi connectivity index (χ0n) is 11.1. The van der Waals surface area contributed by atoms with Crippen LogP contribution in [0, 0.1) is 6.92 Å². The molecule has 1 saturated heterocycles. The standard InChI is InChI=1S/C14H19ClN2O2/c1-11-3-4-13(12(15)9-11)19-10-14(18)17-7-2-5-16-6-8-17/h3-4,9,16H,2,5-8,10H2,1H3. The molecule has 1 heterocycles.